The number of pyridine rings is 2. The van der Waals surface area contributed by atoms with Crippen molar-refractivity contribution in [1.82, 2.24) is 9.55 Å². The molecule has 0 saturated heterocycles. The van der Waals surface area contributed by atoms with E-state index in [9.17, 15) is 32.3 Å². The molecular weight excluding hydrogens is 334 g/mol. The summed E-state index contributed by atoms with van der Waals surface area (Å²) in [6, 6.07) is 1.54. The van der Waals surface area contributed by atoms with Crippen molar-refractivity contribution in [1.29, 1.82) is 0 Å². The molecule has 0 unspecified atom stereocenters. The number of hydrogen-bond donors (Lipinski definition) is 2. The van der Waals surface area contributed by atoms with Crippen molar-refractivity contribution >= 4 is 11.6 Å². The fourth-order valence-corrected chi connectivity index (χ4v) is 1.88. The Labute approximate surface area is 132 Å². The molecule has 24 heavy (non-hydrogen) atoms. The van der Waals surface area contributed by atoms with E-state index in [1.165, 1.54) is 14.0 Å². The number of aromatic hydroxyl groups is 1. The van der Waals surface area contributed by atoms with E-state index in [1.807, 2.05) is 0 Å². The van der Waals surface area contributed by atoms with E-state index >= 15 is 0 Å². The third kappa shape index (κ3) is 3.07. The molecular formula is C14H11F4N3O3. The number of carbonyl (C=O) groups excluding carboxylic acids is 1. The molecule has 0 fully saturated rings. The Morgan fingerprint density at radius 1 is 1.33 bits per heavy atom. The second-order valence-corrected chi connectivity index (χ2v) is 4.87. The van der Waals surface area contributed by atoms with Crippen LogP contribution in [0, 0.1) is 12.7 Å². The second-order valence-electron chi connectivity index (χ2n) is 4.87. The van der Waals surface area contributed by atoms with Crippen molar-refractivity contribution in [2.75, 3.05) is 5.32 Å². The van der Waals surface area contributed by atoms with Crippen molar-refractivity contribution in [2.24, 2.45) is 7.05 Å². The van der Waals surface area contributed by atoms with Gasteiger partial charge in [0.25, 0.3) is 11.5 Å². The summed E-state index contributed by atoms with van der Waals surface area (Å²) in [5.74, 6) is -3.45. The highest BCUT2D eigenvalue weighted by Gasteiger charge is 2.32. The number of rotatable bonds is 2. The lowest BCUT2D eigenvalue weighted by atomic mass is 10.2. The third-order valence-corrected chi connectivity index (χ3v) is 3.32. The largest absolute Gasteiger partial charge is 0.504 e. The van der Waals surface area contributed by atoms with Crippen molar-refractivity contribution in [2.45, 2.75) is 13.1 Å². The molecule has 0 aliphatic carbocycles. The number of nitrogens with one attached hydrogen (secondary N) is 1. The molecule has 0 bridgehead atoms. The summed E-state index contributed by atoms with van der Waals surface area (Å²) in [4.78, 5) is 27.2. The number of carbonyl (C=O) groups is 1. The minimum Gasteiger partial charge on any atom is -0.504 e. The Kier molecular flexibility index (Phi) is 4.32. The molecule has 10 heteroatoms. The highest BCUT2D eigenvalue weighted by molar-refractivity contribution is 6.05. The number of nitrogens with zero attached hydrogens (tertiary/aromatic N) is 2. The number of anilines is 1. The maximum atomic E-state index is 13.8. The fourth-order valence-electron chi connectivity index (χ4n) is 1.88. The normalized spacial score (nSPS) is 11.4. The number of alkyl halides is 3. The predicted molar refractivity (Wildman–Crippen MR) is 75.2 cm³/mol. The van der Waals surface area contributed by atoms with Gasteiger partial charge < -0.3 is 15.0 Å². The van der Waals surface area contributed by atoms with Crippen LogP contribution in [0.3, 0.4) is 0 Å². The van der Waals surface area contributed by atoms with E-state index in [2.05, 4.69) is 10.3 Å². The van der Waals surface area contributed by atoms with Crippen LogP contribution < -0.4 is 10.9 Å². The van der Waals surface area contributed by atoms with Crippen molar-refractivity contribution in [3.63, 3.8) is 0 Å². The highest BCUT2D eigenvalue weighted by Crippen LogP contribution is 2.28. The van der Waals surface area contributed by atoms with Crippen LogP contribution in [0.25, 0.3) is 0 Å². The lowest BCUT2D eigenvalue weighted by Crippen LogP contribution is -2.30. The van der Waals surface area contributed by atoms with Gasteiger partial charge in [-0.2, -0.15) is 13.2 Å². The first-order valence-electron chi connectivity index (χ1n) is 6.46. The standard InChI is InChI=1S/C14H11F4N3O3/c1-6-10(15)11(22)9(13(24)21(6)2)12(23)20-7-3-4-8(19-5-7)14(16,17)18/h3-5,22H,1-2H3,(H,20,23). The summed E-state index contributed by atoms with van der Waals surface area (Å²) in [5, 5.41) is 11.8. The fraction of sp³-hybridized carbons (Fsp3) is 0.214. The van der Waals surface area contributed by atoms with E-state index < -0.39 is 40.5 Å². The van der Waals surface area contributed by atoms with Gasteiger partial charge in [0, 0.05) is 7.05 Å². The van der Waals surface area contributed by atoms with E-state index in [0.29, 0.717) is 6.07 Å². The van der Waals surface area contributed by atoms with E-state index in [1.54, 1.807) is 0 Å². The molecule has 2 rings (SSSR count). The average Bonchev–Trinajstić information content (AvgIpc) is 2.51. The Hall–Kier alpha value is -2.91. The Bertz CT molecular complexity index is 858. The van der Waals surface area contributed by atoms with Gasteiger partial charge in [-0.3, -0.25) is 9.59 Å². The van der Waals surface area contributed by atoms with Crippen LogP contribution in [0.2, 0.25) is 0 Å². The lowest BCUT2D eigenvalue weighted by molar-refractivity contribution is -0.141. The van der Waals surface area contributed by atoms with Crippen LogP contribution in [-0.4, -0.2) is 20.6 Å². The molecule has 6 nitrogen and oxygen atoms in total. The number of amides is 1. The van der Waals surface area contributed by atoms with Crippen molar-refractivity contribution < 1.29 is 27.5 Å². The molecule has 0 aliphatic heterocycles. The Morgan fingerprint density at radius 2 is 1.96 bits per heavy atom. The summed E-state index contributed by atoms with van der Waals surface area (Å²) >= 11 is 0. The van der Waals surface area contributed by atoms with Crippen molar-refractivity contribution in [3.8, 4) is 5.75 Å². The maximum absolute atomic E-state index is 13.8. The second kappa shape index (κ2) is 5.95. The highest BCUT2D eigenvalue weighted by atomic mass is 19.4. The first-order valence-corrected chi connectivity index (χ1v) is 6.46. The summed E-state index contributed by atoms with van der Waals surface area (Å²) in [5.41, 5.74) is -3.31. The minimum absolute atomic E-state index is 0.157. The Balaban J connectivity index is 2.36. The number of aromatic nitrogens is 2. The summed E-state index contributed by atoms with van der Waals surface area (Å²) in [6.07, 6.45) is -3.91. The van der Waals surface area contributed by atoms with Crippen LogP contribution in [0.4, 0.5) is 23.2 Å². The van der Waals surface area contributed by atoms with Crippen LogP contribution in [-0.2, 0) is 13.2 Å². The van der Waals surface area contributed by atoms with Gasteiger partial charge in [0.2, 0.25) is 0 Å². The molecule has 2 aromatic rings. The van der Waals surface area contributed by atoms with E-state index in [4.69, 9.17) is 0 Å². The average molecular weight is 345 g/mol. The van der Waals surface area contributed by atoms with Crippen LogP contribution in [0.1, 0.15) is 21.7 Å². The molecule has 0 aliphatic rings. The molecule has 0 saturated carbocycles. The number of hydrogen-bond acceptors (Lipinski definition) is 4. The summed E-state index contributed by atoms with van der Waals surface area (Å²) < 4.78 is 51.8. The molecule has 0 atom stereocenters. The zero-order valence-electron chi connectivity index (χ0n) is 12.4. The molecule has 0 spiro atoms. The summed E-state index contributed by atoms with van der Waals surface area (Å²) in [7, 11) is 1.21. The predicted octanol–water partition coefficient (Wildman–Crippen LogP) is 2.20. The van der Waals surface area contributed by atoms with Gasteiger partial charge in [-0.15, -0.1) is 0 Å². The lowest BCUT2D eigenvalue weighted by Gasteiger charge is -2.12. The van der Waals surface area contributed by atoms with Gasteiger partial charge in [-0.1, -0.05) is 0 Å². The minimum atomic E-state index is -4.64. The van der Waals surface area contributed by atoms with Gasteiger partial charge in [0.15, 0.2) is 11.6 Å². The first kappa shape index (κ1) is 17.4. The topological polar surface area (TPSA) is 84.2 Å². The van der Waals surface area contributed by atoms with Gasteiger partial charge in [0.05, 0.1) is 17.6 Å². The Morgan fingerprint density at radius 3 is 2.46 bits per heavy atom. The summed E-state index contributed by atoms with van der Waals surface area (Å²) in [6.45, 7) is 1.23. The van der Waals surface area contributed by atoms with Crippen molar-refractivity contribution in [3.05, 3.63) is 51.5 Å². The number of halogens is 4. The molecule has 2 N–H and O–H groups in total. The van der Waals surface area contributed by atoms with Gasteiger partial charge >= 0.3 is 6.18 Å². The molecule has 2 heterocycles. The monoisotopic (exact) mass is 345 g/mol. The molecule has 1 amide bonds. The molecule has 128 valence electrons. The van der Waals surface area contributed by atoms with Gasteiger partial charge in [-0.25, -0.2) is 9.37 Å². The maximum Gasteiger partial charge on any atom is 0.433 e. The zero-order valence-corrected chi connectivity index (χ0v) is 12.4. The van der Waals surface area contributed by atoms with E-state index in [-0.39, 0.29) is 11.4 Å². The van der Waals surface area contributed by atoms with Crippen LogP contribution in [0.15, 0.2) is 23.1 Å². The molecule has 2 aromatic heterocycles. The van der Waals surface area contributed by atoms with Gasteiger partial charge in [0.1, 0.15) is 11.3 Å². The zero-order chi connectivity index (χ0) is 18.2. The van der Waals surface area contributed by atoms with Crippen LogP contribution in [0.5, 0.6) is 5.75 Å². The van der Waals surface area contributed by atoms with Crippen LogP contribution >= 0.6 is 0 Å². The molecule has 0 radical (unpaired) electrons. The van der Waals surface area contributed by atoms with E-state index in [0.717, 1.165) is 16.8 Å². The van der Waals surface area contributed by atoms with Gasteiger partial charge in [-0.05, 0) is 19.1 Å². The quantitative estimate of drug-likeness (QED) is 0.818. The third-order valence-electron chi connectivity index (χ3n) is 3.32. The SMILES string of the molecule is Cc1c(F)c(O)c(C(=O)Nc2ccc(C(F)(F)F)nc2)c(=O)n1C. The smallest absolute Gasteiger partial charge is 0.433 e. The first-order chi connectivity index (χ1) is 11.0. The molecule has 0 aromatic carbocycles.